The van der Waals surface area contributed by atoms with Crippen LogP contribution >= 0.6 is 0 Å². The van der Waals surface area contributed by atoms with Gasteiger partial charge in [-0.3, -0.25) is 48.4 Å². The maximum Gasteiger partial charge on any atom is 0.488 e. The molecule has 4 amide bonds. The van der Waals surface area contributed by atoms with Crippen LogP contribution in [0.25, 0.3) is 0 Å². The number of carboxylic acids is 5. The van der Waals surface area contributed by atoms with E-state index in [9.17, 15) is 68.8 Å². The van der Waals surface area contributed by atoms with Crippen molar-refractivity contribution in [2.75, 3.05) is 110 Å². The van der Waals surface area contributed by atoms with Crippen LogP contribution in [0.1, 0.15) is 51.4 Å². The van der Waals surface area contributed by atoms with E-state index in [-0.39, 0.29) is 128 Å². The van der Waals surface area contributed by atoms with Gasteiger partial charge in [0.15, 0.2) is 0 Å². The number of benzene rings is 1. The molecule has 1 aliphatic rings. The van der Waals surface area contributed by atoms with Gasteiger partial charge in [-0.1, -0.05) is 12.1 Å². The Hall–Kier alpha value is -5.40. The number of anilines is 1. The molecule has 23 nitrogen and oxygen atoms in total. The maximum absolute atomic E-state index is 13.6. The molecule has 1 aromatic carbocycles. The molecule has 1 aliphatic heterocycles. The molecule has 0 spiro atoms. The number of unbranched alkanes of at least 4 members (excludes halogenated alkanes) is 2. The van der Waals surface area contributed by atoms with E-state index in [4.69, 9.17) is 5.11 Å². The minimum absolute atomic E-state index is 0.0193. The number of carbonyl (C=O) groups is 8. The number of carboxylic acid groups (broad SMARTS) is 5. The van der Waals surface area contributed by atoms with E-state index in [0.29, 0.717) is 44.6 Å². The number of hydrogen-bond donors (Lipinski definition) is 9. The summed E-state index contributed by atoms with van der Waals surface area (Å²) in [6.45, 7) is 1.86. The lowest BCUT2D eigenvalue weighted by Crippen LogP contribution is -2.50. The monoisotopic (exact) mass is 894 g/mol. The average Bonchev–Trinajstić information content (AvgIpc) is 3.20. The number of urea groups is 1. The predicted molar refractivity (Wildman–Crippen MR) is 227 cm³/mol. The molecule has 0 radical (unpaired) electrons. The Morgan fingerprint density at radius 2 is 1.14 bits per heavy atom. The Morgan fingerprint density at radius 3 is 1.62 bits per heavy atom. The number of amides is 4. The molecular formula is C39H63BN8O15. The van der Waals surface area contributed by atoms with Crippen LogP contribution in [0.5, 0.6) is 0 Å². The van der Waals surface area contributed by atoms with Gasteiger partial charge in [-0.2, -0.15) is 0 Å². The topological polar surface area (TPSA) is 322 Å². The number of carbonyl (C=O) groups excluding carboxylic acids is 3. The molecule has 24 heteroatoms. The summed E-state index contributed by atoms with van der Waals surface area (Å²) in [6, 6.07) is 4.02. The highest BCUT2D eigenvalue weighted by Gasteiger charge is 2.24. The van der Waals surface area contributed by atoms with Crippen LogP contribution < -0.4 is 21.0 Å². The molecule has 2 rings (SSSR count). The summed E-state index contributed by atoms with van der Waals surface area (Å²) in [5.41, 5.74) is 0.540. The zero-order valence-corrected chi connectivity index (χ0v) is 35.8. The Morgan fingerprint density at radius 1 is 0.635 bits per heavy atom. The Balaban J connectivity index is 2.02. The van der Waals surface area contributed by atoms with Crippen molar-refractivity contribution < 1.29 is 73.9 Å². The highest BCUT2D eigenvalue weighted by Crippen LogP contribution is 2.17. The van der Waals surface area contributed by atoms with E-state index >= 15 is 0 Å². The van der Waals surface area contributed by atoms with Gasteiger partial charge in [0.05, 0.1) is 26.2 Å². The number of nitrogens with zero attached hydrogens (tertiary/aromatic N) is 6. The van der Waals surface area contributed by atoms with Gasteiger partial charge in [0.25, 0.3) is 0 Å². The first-order valence-electron chi connectivity index (χ1n) is 20.9. The van der Waals surface area contributed by atoms with Crippen molar-refractivity contribution >= 4 is 66.0 Å². The van der Waals surface area contributed by atoms with E-state index in [1.165, 1.54) is 17.0 Å². The third-order valence-corrected chi connectivity index (χ3v) is 10.3. The zero-order valence-electron chi connectivity index (χ0n) is 35.8. The van der Waals surface area contributed by atoms with Crippen molar-refractivity contribution in [1.82, 2.24) is 35.1 Å². The number of rotatable bonds is 26. The highest BCUT2D eigenvalue weighted by atomic mass is 16.4. The molecule has 1 aromatic rings. The molecular weight excluding hydrogens is 831 g/mol. The second-order valence-corrected chi connectivity index (χ2v) is 15.4. The fourth-order valence-corrected chi connectivity index (χ4v) is 6.77. The Labute approximate surface area is 366 Å². The highest BCUT2D eigenvalue weighted by molar-refractivity contribution is 6.58. The van der Waals surface area contributed by atoms with E-state index in [1.807, 2.05) is 4.90 Å². The van der Waals surface area contributed by atoms with Crippen LogP contribution in [-0.2, 0) is 33.6 Å². The van der Waals surface area contributed by atoms with Crippen LogP contribution in [-0.4, -0.2) is 226 Å². The van der Waals surface area contributed by atoms with Gasteiger partial charge in [0, 0.05) is 97.6 Å². The molecule has 63 heavy (non-hydrogen) atoms. The summed E-state index contributed by atoms with van der Waals surface area (Å²) in [5, 5.41) is 71.0. The number of aliphatic carboxylic acids is 5. The summed E-state index contributed by atoms with van der Waals surface area (Å²) in [5.74, 6) is -6.11. The minimum atomic E-state index is -1.79. The van der Waals surface area contributed by atoms with Crippen molar-refractivity contribution in [1.29, 1.82) is 0 Å². The smallest absolute Gasteiger partial charge is 0.481 e. The number of likely N-dealkylation sites (N-methyl/N-ethyl adjacent to an activating group) is 1. The van der Waals surface area contributed by atoms with E-state index in [2.05, 4.69) is 10.6 Å². The number of nitrogens with one attached hydrogen (secondary N) is 2. The molecule has 0 aromatic heterocycles. The average molecular weight is 895 g/mol. The molecule has 0 bridgehead atoms. The van der Waals surface area contributed by atoms with Gasteiger partial charge in [0.2, 0.25) is 11.8 Å². The molecule has 0 unspecified atom stereocenters. The lowest BCUT2D eigenvalue weighted by atomic mass is 9.80. The Kier molecular flexibility index (Phi) is 24.8. The van der Waals surface area contributed by atoms with Crippen LogP contribution in [0.2, 0.25) is 0 Å². The molecule has 0 saturated carbocycles. The third-order valence-electron chi connectivity index (χ3n) is 10.3. The van der Waals surface area contributed by atoms with E-state index < -0.39 is 49.0 Å². The number of hydrogen-bond acceptors (Lipinski definition) is 14. The molecule has 0 aliphatic carbocycles. The maximum atomic E-state index is 13.6. The van der Waals surface area contributed by atoms with Crippen molar-refractivity contribution in [2.24, 2.45) is 0 Å². The van der Waals surface area contributed by atoms with Gasteiger partial charge < -0.3 is 56.0 Å². The first kappa shape index (κ1) is 53.7. The van der Waals surface area contributed by atoms with Crippen LogP contribution in [0.4, 0.5) is 10.5 Å². The fourth-order valence-electron chi connectivity index (χ4n) is 6.77. The van der Waals surface area contributed by atoms with Crippen molar-refractivity contribution in [2.45, 2.75) is 57.4 Å². The fraction of sp³-hybridized carbons (Fsp3) is 0.641. The third kappa shape index (κ3) is 23.0. The van der Waals surface area contributed by atoms with Gasteiger partial charge >= 0.3 is 43.0 Å². The van der Waals surface area contributed by atoms with Gasteiger partial charge in [0.1, 0.15) is 6.04 Å². The van der Waals surface area contributed by atoms with Gasteiger partial charge in [-0.15, -0.1) is 0 Å². The molecule has 1 saturated heterocycles. The lowest BCUT2D eigenvalue weighted by molar-refractivity contribution is -0.140. The van der Waals surface area contributed by atoms with E-state index in [0.717, 1.165) is 0 Å². The molecule has 352 valence electrons. The van der Waals surface area contributed by atoms with E-state index in [1.54, 1.807) is 38.8 Å². The summed E-state index contributed by atoms with van der Waals surface area (Å²) in [4.78, 5) is 106. The van der Waals surface area contributed by atoms with Crippen LogP contribution in [0.3, 0.4) is 0 Å². The summed E-state index contributed by atoms with van der Waals surface area (Å²) < 4.78 is 0. The quantitative estimate of drug-likeness (QED) is 0.0346. The molecule has 1 heterocycles. The molecule has 1 atom stereocenters. The normalized spacial score (nSPS) is 15.2. The van der Waals surface area contributed by atoms with Crippen molar-refractivity contribution in [3.8, 4) is 0 Å². The van der Waals surface area contributed by atoms with Crippen molar-refractivity contribution in [3.63, 3.8) is 0 Å². The van der Waals surface area contributed by atoms with Crippen LogP contribution in [0, 0.1) is 0 Å². The molecule has 9 N–H and O–H groups in total. The second-order valence-electron chi connectivity index (χ2n) is 15.4. The lowest BCUT2D eigenvalue weighted by Gasteiger charge is -2.33. The first-order valence-corrected chi connectivity index (χ1v) is 20.9. The summed E-state index contributed by atoms with van der Waals surface area (Å²) in [7, 11) is -0.147. The Bertz CT molecular complexity index is 1640. The second kappa shape index (κ2) is 29.1. The zero-order chi connectivity index (χ0) is 46.9. The standard InChI is InChI=1S/C39H63BN8O15/c1-43(33(50)25-44-16-18-45(26-35(53)54)20-22-47(28-37(57)58)23-21-46(19-17-44)27-36(55)56)14-3-2-4-15-48(30-9-5-8-29(24-30)40(62)63)32(49)11-6-10-31(38(59)60)42-39(61)41-13-7-12-34(51)52/h5,8-9,24,31,62-63H,2-4,6-7,10-23,25-28H2,1H3,(H,51,52)(H,53,54)(H,55,56)(H,57,58)(H,59,60)(H2,41,42,61)/t31-/m0/s1. The minimum Gasteiger partial charge on any atom is -0.481 e. The predicted octanol–water partition coefficient (Wildman–Crippen LogP) is -2.41. The summed E-state index contributed by atoms with van der Waals surface area (Å²) in [6.07, 6.45) is 1.49. The largest absolute Gasteiger partial charge is 0.488 e. The first-order chi connectivity index (χ1) is 29.8. The van der Waals surface area contributed by atoms with Gasteiger partial charge in [-0.05, 0) is 56.1 Å². The summed E-state index contributed by atoms with van der Waals surface area (Å²) >= 11 is 0. The van der Waals surface area contributed by atoms with Crippen molar-refractivity contribution in [3.05, 3.63) is 24.3 Å². The SMILES string of the molecule is CN(CCCCCN(C(=O)CCC[C@H](NC(=O)NCCCC(=O)O)C(=O)O)c1cccc(B(O)O)c1)C(=O)CN1CCN(CC(=O)O)CCN(CC(=O)O)CCN(CC(=O)O)CC1. The van der Waals surface area contributed by atoms with Gasteiger partial charge in [-0.25, -0.2) is 9.59 Å². The molecule has 1 fully saturated rings. The van der Waals surface area contributed by atoms with Crippen LogP contribution in [0.15, 0.2) is 24.3 Å².